The highest BCUT2D eigenvalue weighted by molar-refractivity contribution is 5.67. The van der Waals surface area contributed by atoms with Crippen LogP contribution in [0, 0.1) is 12.8 Å². The highest BCUT2D eigenvalue weighted by Gasteiger charge is 2.21. The van der Waals surface area contributed by atoms with E-state index in [1.54, 1.807) is 7.11 Å². The van der Waals surface area contributed by atoms with Crippen LogP contribution in [0.4, 0.5) is 5.82 Å². The largest absolute Gasteiger partial charge is 0.497 e. The molecule has 0 atom stereocenters. The van der Waals surface area contributed by atoms with E-state index >= 15 is 0 Å². The number of hydrogen-bond donors (Lipinski definition) is 1. The van der Waals surface area contributed by atoms with Crippen molar-refractivity contribution < 1.29 is 4.74 Å². The Morgan fingerprint density at radius 3 is 2.91 bits per heavy atom. The lowest BCUT2D eigenvalue weighted by atomic mass is 10.1. The maximum absolute atomic E-state index is 5.30. The van der Waals surface area contributed by atoms with Gasteiger partial charge in [-0.05, 0) is 37.8 Å². The van der Waals surface area contributed by atoms with Crippen LogP contribution in [0.25, 0.3) is 16.9 Å². The molecule has 1 N–H and O–H groups in total. The van der Waals surface area contributed by atoms with Gasteiger partial charge in [-0.25, -0.2) is 4.98 Å². The fraction of sp³-hybridized carbons (Fsp3) is 0.333. The number of benzene rings is 1. The van der Waals surface area contributed by atoms with E-state index < -0.39 is 0 Å². The third-order valence-electron chi connectivity index (χ3n) is 4.19. The highest BCUT2D eigenvalue weighted by Crippen LogP contribution is 2.29. The van der Waals surface area contributed by atoms with Crippen LogP contribution in [-0.2, 0) is 0 Å². The van der Waals surface area contributed by atoms with Crippen LogP contribution >= 0.6 is 0 Å². The average molecular weight is 308 g/mol. The van der Waals surface area contributed by atoms with Gasteiger partial charge >= 0.3 is 0 Å². The van der Waals surface area contributed by atoms with Crippen molar-refractivity contribution in [3.8, 4) is 17.0 Å². The fourth-order valence-electron chi connectivity index (χ4n) is 2.72. The zero-order valence-corrected chi connectivity index (χ0v) is 13.4. The molecule has 1 aromatic carbocycles. The van der Waals surface area contributed by atoms with E-state index in [2.05, 4.69) is 16.4 Å². The average Bonchev–Trinajstić information content (AvgIpc) is 3.30. The van der Waals surface area contributed by atoms with E-state index in [0.29, 0.717) is 0 Å². The van der Waals surface area contributed by atoms with Gasteiger partial charge in [0.1, 0.15) is 11.6 Å². The quantitative estimate of drug-likeness (QED) is 0.783. The Morgan fingerprint density at radius 2 is 2.13 bits per heavy atom. The summed E-state index contributed by atoms with van der Waals surface area (Å²) in [6.45, 7) is 3.02. The number of nitrogens with one attached hydrogen (secondary N) is 1. The SMILES string of the molecule is COc1cccc(-c2cc3nc(C)cc(NCC4CC4)n3n2)c1. The van der Waals surface area contributed by atoms with Gasteiger partial charge in [0.2, 0.25) is 0 Å². The van der Waals surface area contributed by atoms with Crippen molar-refractivity contribution >= 4 is 11.5 Å². The molecule has 0 radical (unpaired) electrons. The third-order valence-corrected chi connectivity index (χ3v) is 4.19. The topological polar surface area (TPSA) is 51.5 Å². The molecule has 0 spiro atoms. The van der Waals surface area contributed by atoms with Crippen molar-refractivity contribution in [3.05, 3.63) is 42.1 Å². The first-order valence-corrected chi connectivity index (χ1v) is 7.98. The molecule has 3 aromatic rings. The predicted molar refractivity (Wildman–Crippen MR) is 90.9 cm³/mol. The molecule has 118 valence electrons. The number of aromatic nitrogens is 3. The van der Waals surface area contributed by atoms with Crippen LogP contribution in [0.5, 0.6) is 5.75 Å². The molecule has 2 aromatic heterocycles. The Bertz CT molecular complexity index is 851. The third kappa shape index (κ3) is 2.86. The summed E-state index contributed by atoms with van der Waals surface area (Å²) in [4.78, 5) is 4.60. The molecule has 2 heterocycles. The second kappa shape index (κ2) is 5.57. The van der Waals surface area contributed by atoms with E-state index in [4.69, 9.17) is 9.84 Å². The van der Waals surface area contributed by atoms with Crippen molar-refractivity contribution in [1.29, 1.82) is 0 Å². The van der Waals surface area contributed by atoms with E-state index in [1.165, 1.54) is 12.8 Å². The number of aryl methyl sites for hydroxylation is 1. The maximum atomic E-state index is 5.30. The van der Waals surface area contributed by atoms with Gasteiger partial charge in [-0.1, -0.05) is 12.1 Å². The summed E-state index contributed by atoms with van der Waals surface area (Å²) >= 11 is 0. The minimum absolute atomic E-state index is 0.812. The summed E-state index contributed by atoms with van der Waals surface area (Å²) in [5.41, 5.74) is 3.78. The zero-order chi connectivity index (χ0) is 15.8. The summed E-state index contributed by atoms with van der Waals surface area (Å²) in [7, 11) is 1.67. The standard InChI is InChI=1S/C18H20N4O/c1-12-8-17(19-11-13-6-7-13)22-18(20-12)10-16(21-22)14-4-3-5-15(9-14)23-2/h3-5,8-10,13,19H,6-7,11H2,1-2H3. The van der Waals surface area contributed by atoms with Gasteiger partial charge in [-0.3, -0.25) is 0 Å². The van der Waals surface area contributed by atoms with Gasteiger partial charge in [-0.2, -0.15) is 9.61 Å². The molecule has 1 aliphatic rings. The predicted octanol–water partition coefficient (Wildman–Crippen LogP) is 3.54. The summed E-state index contributed by atoms with van der Waals surface area (Å²) in [5.74, 6) is 2.65. The molecule has 5 nitrogen and oxygen atoms in total. The first kappa shape index (κ1) is 14.1. The molecular formula is C18H20N4O. The van der Waals surface area contributed by atoms with E-state index in [9.17, 15) is 0 Å². The van der Waals surface area contributed by atoms with Crippen LogP contribution in [0.15, 0.2) is 36.4 Å². The van der Waals surface area contributed by atoms with Crippen LogP contribution < -0.4 is 10.1 Å². The molecule has 4 rings (SSSR count). The number of rotatable bonds is 5. The summed E-state index contributed by atoms with van der Waals surface area (Å²) in [6.07, 6.45) is 2.66. The number of nitrogens with zero attached hydrogens (tertiary/aromatic N) is 3. The van der Waals surface area contributed by atoms with Crippen molar-refractivity contribution in [1.82, 2.24) is 14.6 Å². The molecule has 0 unspecified atom stereocenters. The molecule has 0 saturated heterocycles. The fourth-order valence-corrected chi connectivity index (χ4v) is 2.72. The molecular weight excluding hydrogens is 288 g/mol. The second-order valence-electron chi connectivity index (χ2n) is 6.14. The number of fused-ring (bicyclic) bond motifs is 1. The second-order valence-corrected chi connectivity index (χ2v) is 6.14. The van der Waals surface area contributed by atoms with Gasteiger partial charge in [0.25, 0.3) is 0 Å². The van der Waals surface area contributed by atoms with Gasteiger partial charge in [0.05, 0.1) is 12.8 Å². The molecule has 0 aliphatic heterocycles. The molecule has 1 saturated carbocycles. The van der Waals surface area contributed by atoms with Crippen molar-refractivity contribution in [2.45, 2.75) is 19.8 Å². The van der Waals surface area contributed by atoms with Gasteiger partial charge in [0.15, 0.2) is 5.65 Å². The van der Waals surface area contributed by atoms with Crippen LogP contribution in [0.3, 0.4) is 0 Å². The molecule has 0 bridgehead atoms. The molecule has 0 amide bonds. The molecule has 23 heavy (non-hydrogen) atoms. The van der Waals surface area contributed by atoms with E-state index in [-0.39, 0.29) is 0 Å². The maximum Gasteiger partial charge on any atom is 0.158 e. The molecule has 1 aliphatic carbocycles. The number of anilines is 1. The summed E-state index contributed by atoms with van der Waals surface area (Å²) in [5, 5.41) is 8.25. The van der Waals surface area contributed by atoms with Crippen molar-refractivity contribution in [3.63, 3.8) is 0 Å². The monoisotopic (exact) mass is 308 g/mol. The Labute approximate surface area is 135 Å². The minimum atomic E-state index is 0.812. The van der Waals surface area contributed by atoms with Crippen LogP contribution in [0.2, 0.25) is 0 Å². The van der Waals surface area contributed by atoms with Gasteiger partial charge in [-0.15, -0.1) is 0 Å². The summed E-state index contributed by atoms with van der Waals surface area (Å²) < 4.78 is 7.20. The smallest absolute Gasteiger partial charge is 0.158 e. The summed E-state index contributed by atoms with van der Waals surface area (Å²) in [6, 6.07) is 12.0. The van der Waals surface area contributed by atoms with Gasteiger partial charge < -0.3 is 10.1 Å². The number of hydrogen-bond acceptors (Lipinski definition) is 4. The van der Waals surface area contributed by atoms with Crippen LogP contribution in [-0.4, -0.2) is 28.3 Å². The van der Waals surface area contributed by atoms with Gasteiger partial charge in [0, 0.05) is 29.9 Å². The first-order chi connectivity index (χ1) is 11.2. The minimum Gasteiger partial charge on any atom is -0.497 e. The molecule has 5 heteroatoms. The number of methoxy groups -OCH3 is 1. The Morgan fingerprint density at radius 1 is 1.26 bits per heavy atom. The lowest BCUT2D eigenvalue weighted by Crippen LogP contribution is -2.09. The lowest BCUT2D eigenvalue weighted by molar-refractivity contribution is 0.415. The Kier molecular flexibility index (Phi) is 3.41. The normalized spacial score (nSPS) is 14.2. The van der Waals surface area contributed by atoms with E-state index in [1.807, 2.05) is 41.8 Å². The molecule has 1 fully saturated rings. The first-order valence-electron chi connectivity index (χ1n) is 7.98. The van der Waals surface area contributed by atoms with Crippen LogP contribution in [0.1, 0.15) is 18.5 Å². The van der Waals surface area contributed by atoms with Crippen molar-refractivity contribution in [2.75, 3.05) is 19.0 Å². The Balaban J connectivity index is 1.74. The lowest BCUT2D eigenvalue weighted by Gasteiger charge is -2.08. The zero-order valence-electron chi connectivity index (χ0n) is 13.4. The highest BCUT2D eigenvalue weighted by atomic mass is 16.5. The Hall–Kier alpha value is -2.56. The number of ether oxygens (including phenoxy) is 1. The van der Waals surface area contributed by atoms with E-state index in [0.717, 1.165) is 46.6 Å². The van der Waals surface area contributed by atoms with Crippen molar-refractivity contribution in [2.24, 2.45) is 5.92 Å².